The second-order valence-electron chi connectivity index (χ2n) is 5.58. The fourth-order valence-electron chi connectivity index (χ4n) is 2.52. The molecule has 0 unspecified atom stereocenters. The number of ketones is 1. The maximum Gasteiger partial charge on any atom is 0.189 e. The van der Waals surface area contributed by atoms with Crippen molar-refractivity contribution in [2.75, 3.05) is 13.2 Å². The summed E-state index contributed by atoms with van der Waals surface area (Å²) in [6.45, 7) is 1.36. The predicted molar refractivity (Wildman–Crippen MR) is 87.5 cm³/mol. The largest absolute Gasteiger partial charge is 0.490 e. The zero-order chi connectivity index (χ0) is 16.1. The van der Waals surface area contributed by atoms with Crippen LogP contribution in [0.3, 0.4) is 0 Å². The molecule has 23 heavy (non-hydrogen) atoms. The van der Waals surface area contributed by atoms with Gasteiger partial charge in [0.1, 0.15) is 12.4 Å². The Labute approximate surface area is 135 Å². The third kappa shape index (κ3) is 4.07. The minimum Gasteiger partial charge on any atom is -0.490 e. The lowest BCUT2D eigenvalue weighted by molar-refractivity contribution is 0.0679. The molecule has 0 aliphatic carbocycles. The van der Waals surface area contributed by atoms with E-state index in [1.54, 1.807) is 36.3 Å². The maximum absolute atomic E-state index is 12.1. The summed E-state index contributed by atoms with van der Waals surface area (Å²) in [5, 5.41) is 4.01. The Bertz CT molecular complexity index is 700. The molecular formula is C18H20N2O3. The summed E-state index contributed by atoms with van der Waals surface area (Å²) in [5.74, 6) is 0.685. The molecule has 0 amide bonds. The van der Waals surface area contributed by atoms with Gasteiger partial charge in [-0.05, 0) is 31.1 Å². The van der Waals surface area contributed by atoms with Gasteiger partial charge in [-0.1, -0.05) is 18.2 Å². The van der Waals surface area contributed by atoms with Crippen molar-refractivity contribution in [2.24, 2.45) is 7.05 Å². The molecule has 0 N–H and O–H groups in total. The monoisotopic (exact) mass is 312 g/mol. The number of hydrogen-bond donors (Lipinski definition) is 0. The van der Waals surface area contributed by atoms with Gasteiger partial charge in [0.25, 0.3) is 0 Å². The highest BCUT2D eigenvalue weighted by atomic mass is 16.5. The van der Waals surface area contributed by atoms with Crippen LogP contribution in [0.25, 0.3) is 6.08 Å². The average Bonchev–Trinajstić information content (AvgIpc) is 3.23. The first-order valence-electron chi connectivity index (χ1n) is 7.77. The molecule has 1 saturated heterocycles. The molecule has 0 radical (unpaired) electrons. The van der Waals surface area contributed by atoms with Crippen molar-refractivity contribution in [3.8, 4) is 5.75 Å². The molecule has 1 aromatic carbocycles. The molecule has 1 atom stereocenters. The minimum absolute atomic E-state index is 0.0768. The SMILES string of the molecule is Cn1cc(C(=O)/C=C/c2ccccc2OC[C@@H]2CCCO2)cn1. The molecule has 5 heteroatoms. The highest BCUT2D eigenvalue weighted by Gasteiger charge is 2.16. The number of para-hydroxylation sites is 1. The third-order valence-electron chi connectivity index (χ3n) is 3.77. The van der Waals surface area contributed by atoms with Crippen LogP contribution in [0.2, 0.25) is 0 Å². The van der Waals surface area contributed by atoms with Crippen molar-refractivity contribution >= 4 is 11.9 Å². The standard InChI is InChI=1S/C18H20N2O3/c1-20-12-15(11-19-20)17(21)9-8-14-5-2-3-7-18(14)23-13-16-6-4-10-22-16/h2-3,5,7-9,11-12,16H,4,6,10,13H2,1H3/b9-8+/t16-/m0/s1. The normalized spacial score (nSPS) is 17.7. The number of hydrogen-bond acceptors (Lipinski definition) is 4. The fourth-order valence-corrected chi connectivity index (χ4v) is 2.52. The van der Waals surface area contributed by atoms with Crippen LogP contribution in [0.15, 0.2) is 42.7 Å². The molecule has 1 aromatic heterocycles. The number of carbonyl (C=O) groups is 1. The van der Waals surface area contributed by atoms with Gasteiger partial charge in [0.15, 0.2) is 5.78 Å². The molecule has 5 nitrogen and oxygen atoms in total. The Morgan fingerprint density at radius 2 is 2.35 bits per heavy atom. The molecule has 1 aliphatic rings. The van der Waals surface area contributed by atoms with Gasteiger partial charge in [-0.2, -0.15) is 5.10 Å². The maximum atomic E-state index is 12.1. The van der Waals surface area contributed by atoms with E-state index in [1.165, 1.54) is 0 Å². The van der Waals surface area contributed by atoms with E-state index in [4.69, 9.17) is 9.47 Å². The van der Waals surface area contributed by atoms with Crippen LogP contribution in [0.5, 0.6) is 5.75 Å². The van der Waals surface area contributed by atoms with Crippen molar-refractivity contribution in [3.63, 3.8) is 0 Å². The first-order valence-corrected chi connectivity index (χ1v) is 7.77. The number of ether oxygens (including phenoxy) is 2. The zero-order valence-corrected chi connectivity index (χ0v) is 13.1. The van der Waals surface area contributed by atoms with E-state index in [1.807, 2.05) is 24.3 Å². The smallest absolute Gasteiger partial charge is 0.189 e. The van der Waals surface area contributed by atoms with Crippen LogP contribution in [0.1, 0.15) is 28.8 Å². The van der Waals surface area contributed by atoms with Gasteiger partial charge in [-0.3, -0.25) is 9.48 Å². The highest BCUT2D eigenvalue weighted by molar-refractivity contribution is 6.06. The number of nitrogens with zero attached hydrogens (tertiary/aromatic N) is 2. The molecular weight excluding hydrogens is 292 g/mol. The minimum atomic E-state index is -0.0768. The first-order chi connectivity index (χ1) is 11.2. The Hall–Kier alpha value is -2.40. The number of carbonyl (C=O) groups excluding carboxylic acids is 1. The molecule has 1 aliphatic heterocycles. The van der Waals surface area contributed by atoms with Crippen LogP contribution in [0.4, 0.5) is 0 Å². The molecule has 1 fully saturated rings. The van der Waals surface area contributed by atoms with Crippen molar-refractivity contribution in [3.05, 3.63) is 53.9 Å². The van der Waals surface area contributed by atoms with Crippen molar-refractivity contribution in [1.29, 1.82) is 0 Å². The summed E-state index contributed by atoms with van der Waals surface area (Å²) in [6.07, 6.45) is 8.89. The number of rotatable bonds is 6. The van der Waals surface area contributed by atoms with Crippen LogP contribution in [-0.2, 0) is 11.8 Å². The van der Waals surface area contributed by atoms with E-state index >= 15 is 0 Å². The topological polar surface area (TPSA) is 53.4 Å². The summed E-state index contributed by atoms with van der Waals surface area (Å²) in [6, 6.07) is 7.68. The van der Waals surface area contributed by atoms with Crippen LogP contribution in [-0.4, -0.2) is 34.9 Å². The average molecular weight is 312 g/mol. The van der Waals surface area contributed by atoms with Gasteiger partial charge in [0.2, 0.25) is 0 Å². The fraction of sp³-hybridized carbons (Fsp3) is 0.333. The summed E-state index contributed by atoms with van der Waals surface area (Å²) < 4.78 is 13.0. The van der Waals surface area contributed by atoms with Crippen molar-refractivity contribution < 1.29 is 14.3 Å². The summed E-state index contributed by atoms with van der Waals surface area (Å²) >= 11 is 0. The lowest BCUT2D eigenvalue weighted by Gasteiger charge is -2.13. The van der Waals surface area contributed by atoms with Crippen molar-refractivity contribution in [1.82, 2.24) is 9.78 Å². The van der Waals surface area contributed by atoms with Gasteiger partial charge < -0.3 is 9.47 Å². The van der Waals surface area contributed by atoms with E-state index in [2.05, 4.69) is 5.10 Å². The van der Waals surface area contributed by atoms with Gasteiger partial charge in [0.05, 0.1) is 17.9 Å². The van der Waals surface area contributed by atoms with E-state index in [0.29, 0.717) is 12.2 Å². The summed E-state index contributed by atoms with van der Waals surface area (Å²) in [7, 11) is 1.79. The summed E-state index contributed by atoms with van der Waals surface area (Å²) in [4.78, 5) is 12.1. The molecule has 2 heterocycles. The molecule has 2 aromatic rings. The molecule has 120 valence electrons. The van der Waals surface area contributed by atoms with Crippen LogP contribution < -0.4 is 4.74 Å². The number of benzene rings is 1. The van der Waals surface area contributed by atoms with E-state index in [9.17, 15) is 4.79 Å². The van der Waals surface area contributed by atoms with E-state index in [0.717, 1.165) is 30.8 Å². The van der Waals surface area contributed by atoms with Gasteiger partial charge >= 0.3 is 0 Å². The Balaban J connectivity index is 1.67. The Morgan fingerprint density at radius 1 is 1.48 bits per heavy atom. The second-order valence-corrected chi connectivity index (χ2v) is 5.58. The van der Waals surface area contributed by atoms with Crippen LogP contribution in [0, 0.1) is 0 Å². The van der Waals surface area contributed by atoms with Crippen LogP contribution >= 0.6 is 0 Å². The zero-order valence-electron chi connectivity index (χ0n) is 13.1. The molecule has 3 rings (SSSR count). The third-order valence-corrected chi connectivity index (χ3v) is 3.77. The van der Waals surface area contributed by atoms with E-state index < -0.39 is 0 Å². The van der Waals surface area contributed by atoms with Gasteiger partial charge in [-0.15, -0.1) is 0 Å². The number of allylic oxidation sites excluding steroid dienone is 1. The number of aryl methyl sites for hydroxylation is 1. The predicted octanol–water partition coefficient (Wildman–Crippen LogP) is 2.87. The molecule has 0 bridgehead atoms. The molecule has 0 saturated carbocycles. The second kappa shape index (κ2) is 7.24. The summed E-state index contributed by atoms with van der Waals surface area (Å²) in [5.41, 5.74) is 1.45. The van der Waals surface area contributed by atoms with E-state index in [-0.39, 0.29) is 11.9 Å². The highest BCUT2D eigenvalue weighted by Crippen LogP contribution is 2.21. The Morgan fingerprint density at radius 3 is 3.09 bits per heavy atom. The lowest BCUT2D eigenvalue weighted by Crippen LogP contribution is -2.16. The first kappa shape index (κ1) is 15.5. The van der Waals surface area contributed by atoms with Crippen molar-refractivity contribution in [2.45, 2.75) is 18.9 Å². The lowest BCUT2D eigenvalue weighted by atomic mass is 10.1. The van der Waals surface area contributed by atoms with Gasteiger partial charge in [0, 0.05) is 25.4 Å². The Kier molecular flexibility index (Phi) is 4.88. The quantitative estimate of drug-likeness (QED) is 0.608. The molecule has 0 spiro atoms. The van der Waals surface area contributed by atoms with Gasteiger partial charge in [-0.25, -0.2) is 0 Å². The number of aromatic nitrogens is 2.